The average Bonchev–Trinajstić information content (AvgIpc) is 2.96. The maximum absolute atomic E-state index is 12.5. The van der Waals surface area contributed by atoms with Crippen molar-refractivity contribution in [3.8, 4) is 5.75 Å². The number of hydrogen-bond donors (Lipinski definition) is 1. The molecule has 1 N–H and O–H groups in total. The summed E-state index contributed by atoms with van der Waals surface area (Å²) in [6.45, 7) is 6.19. The fraction of sp³-hybridized carbons (Fsp3) is 0.200. The molecule has 0 bridgehead atoms. The molecule has 3 aromatic rings. The van der Waals surface area contributed by atoms with Gasteiger partial charge in [0, 0.05) is 5.69 Å². The fourth-order valence-electron chi connectivity index (χ4n) is 2.47. The Labute approximate surface area is 151 Å². The first-order valence-electron chi connectivity index (χ1n) is 8.05. The van der Waals surface area contributed by atoms with E-state index in [0.29, 0.717) is 11.5 Å². The Morgan fingerprint density at radius 2 is 1.92 bits per heavy atom. The summed E-state index contributed by atoms with van der Waals surface area (Å²) in [5.41, 5.74) is 3.71. The molecule has 0 radical (unpaired) electrons. The number of nitrogens with one attached hydrogen (secondary N) is 1. The molecule has 0 unspecified atom stereocenters. The number of benzene rings is 2. The van der Waals surface area contributed by atoms with Gasteiger partial charge < -0.3 is 10.1 Å². The summed E-state index contributed by atoms with van der Waals surface area (Å²) in [5.74, 6) is 0.671. The quantitative estimate of drug-likeness (QED) is 0.710. The number of amides is 1. The largest absolute Gasteiger partial charge is 0.486 e. The lowest BCUT2D eigenvalue weighted by molar-refractivity contribution is 0.102. The molecule has 0 atom stereocenters. The third kappa shape index (κ3) is 4.25. The summed E-state index contributed by atoms with van der Waals surface area (Å²) in [6.07, 6.45) is 0. The molecule has 0 aliphatic heterocycles. The van der Waals surface area contributed by atoms with Gasteiger partial charge in [-0.1, -0.05) is 30.3 Å². The van der Waals surface area contributed by atoms with E-state index in [1.54, 1.807) is 0 Å². The zero-order chi connectivity index (χ0) is 17.8. The van der Waals surface area contributed by atoms with Crippen LogP contribution in [0.4, 0.5) is 5.69 Å². The number of para-hydroxylation sites is 1. The second-order valence-corrected chi connectivity index (χ2v) is 6.98. The van der Waals surface area contributed by atoms with Crippen LogP contribution in [-0.4, -0.2) is 10.9 Å². The van der Waals surface area contributed by atoms with Crippen LogP contribution in [-0.2, 0) is 6.61 Å². The Morgan fingerprint density at radius 3 is 2.68 bits per heavy atom. The number of aryl methyl sites for hydroxylation is 3. The molecule has 1 amide bonds. The molecule has 0 aliphatic carbocycles. The minimum absolute atomic E-state index is 0.133. The van der Waals surface area contributed by atoms with Gasteiger partial charge >= 0.3 is 0 Å². The standard InChI is InChI=1S/C20H20N2O2S/c1-13-7-6-9-16(11-13)24-12-18-21-15(3)19(25-18)20(23)22-17-10-5-4-8-14(17)2/h4-11H,12H2,1-3H3,(H,22,23). The van der Waals surface area contributed by atoms with Crippen LogP contribution in [0.5, 0.6) is 5.75 Å². The van der Waals surface area contributed by atoms with Gasteiger partial charge in [-0.3, -0.25) is 4.79 Å². The van der Waals surface area contributed by atoms with E-state index in [4.69, 9.17) is 4.74 Å². The minimum atomic E-state index is -0.133. The van der Waals surface area contributed by atoms with Gasteiger partial charge in [0.2, 0.25) is 0 Å². The van der Waals surface area contributed by atoms with Crippen LogP contribution in [0, 0.1) is 20.8 Å². The number of ether oxygens (including phenoxy) is 1. The highest BCUT2D eigenvalue weighted by Crippen LogP contribution is 2.23. The van der Waals surface area contributed by atoms with Crippen molar-refractivity contribution in [3.63, 3.8) is 0 Å². The third-order valence-corrected chi connectivity index (χ3v) is 4.92. The summed E-state index contributed by atoms with van der Waals surface area (Å²) in [4.78, 5) is 17.6. The van der Waals surface area contributed by atoms with E-state index < -0.39 is 0 Å². The van der Waals surface area contributed by atoms with E-state index >= 15 is 0 Å². The molecule has 1 heterocycles. The summed E-state index contributed by atoms with van der Waals surface area (Å²) in [6, 6.07) is 15.6. The molecule has 0 aliphatic rings. The zero-order valence-corrected chi connectivity index (χ0v) is 15.3. The van der Waals surface area contributed by atoms with E-state index in [-0.39, 0.29) is 5.91 Å². The van der Waals surface area contributed by atoms with Gasteiger partial charge in [0.25, 0.3) is 5.91 Å². The molecule has 128 valence electrons. The van der Waals surface area contributed by atoms with Gasteiger partial charge in [0.15, 0.2) is 0 Å². The van der Waals surface area contributed by atoms with E-state index in [9.17, 15) is 4.79 Å². The smallest absolute Gasteiger partial charge is 0.267 e. The summed E-state index contributed by atoms with van der Waals surface area (Å²) in [5, 5.41) is 3.74. The lowest BCUT2D eigenvalue weighted by atomic mass is 10.2. The minimum Gasteiger partial charge on any atom is -0.486 e. The molecular formula is C20H20N2O2S. The number of thiazole rings is 1. The van der Waals surface area contributed by atoms with Crippen LogP contribution in [0.15, 0.2) is 48.5 Å². The Hall–Kier alpha value is -2.66. The molecule has 0 fully saturated rings. The first kappa shape index (κ1) is 17.2. The average molecular weight is 352 g/mol. The molecule has 0 spiro atoms. The van der Waals surface area contributed by atoms with Crippen LogP contribution >= 0.6 is 11.3 Å². The predicted molar refractivity (Wildman–Crippen MR) is 101 cm³/mol. The SMILES string of the molecule is Cc1cccc(OCc2nc(C)c(C(=O)Nc3ccccc3C)s2)c1. The number of hydrogen-bond acceptors (Lipinski definition) is 4. The Balaban J connectivity index is 1.69. The third-order valence-electron chi connectivity index (χ3n) is 3.79. The van der Waals surface area contributed by atoms with E-state index in [0.717, 1.165) is 33.3 Å². The highest BCUT2D eigenvalue weighted by atomic mass is 32.1. The lowest BCUT2D eigenvalue weighted by Gasteiger charge is -2.06. The van der Waals surface area contributed by atoms with Gasteiger partial charge in [-0.15, -0.1) is 11.3 Å². The Bertz CT molecular complexity index is 902. The second-order valence-electron chi connectivity index (χ2n) is 5.90. The molecular weight excluding hydrogens is 332 g/mol. The first-order valence-corrected chi connectivity index (χ1v) is 8.87. The molecule has 4 nitrogen and oxygen atoms in total. The topological polar surface area (TPSA) is 51.2 Å². The van der Waals surface area contributed by atoms with Gasteiger partial charge in [-0.2, -0.15) is 0 Å². The van der Waals surface area contributed by atoms with Crippen LogP contribution < -0.4 is 10.1 Å². The van der Waals surface area contributed by atoms with E-state index in [1.165, 1.54) is 11.3 Å². The molecule has 5 heteroatoms. The van der Waals surface area contributed by atoms with Crippen LogP contribution in [0.2, 0.25) is 0 Å². The van der Waals surface area contributed by atoms with Gasteiger partial charge in [-0.25, -0.2) is 4.98 Å². The molecule has 2 aromatic carbocycles. The van der Waals surface area contributed by atoms with Crippen LogP contribution in [0.3, 0.4) is 0 Å². The van der Waals surface area contributed by atoms with Crippen LogP contribution in [0.1, 0.15) is 31.5 Å². The second kappa shape index (κ2) is 7.49. The van der Waals surface area contributed by atoms with Crippen molar-refractivity contribution in [1.29, 1.82) is 0 Å². The zero-order valence-electron chi connectivity index (χ0n) is 14.5. The summed E-state index contributed by atoms with van der Waals surface area (Å²) >= 11 is 1.37. The van der Waals surface area contributed by atoms with Gasteiger partial charge in [-0.05, 0) is 50.1 Å². The van der Waals surface area contributed by atoms with Gasteiger partial charge in [0.1, 0.15) is 22.2 Å². The number of nitrogens with zero attached hydrogens (tertiary/aromatic N) is 1. The predicted octanol–water partition coefficient (Wildman–Crippen LogP) is 4.90. The van der Waals surface area contributed by atoms with Crippen molar-refractivity contribution < 1.29 is 9.53 Å². The highest BCUT2D eigenvalue weighted by molar-refractivity contribution is 7.13. The van der Waals surface area contributed by atoms with Gasteiger partial charge in [0.05, 0.1) is 5.69 Å². The fourth-order valence-corrected chi connectivity index (χ4v) is 3.34. The number of rotatable bonds is 5. The maximum Gasteiger partial charge on any atom is 0.267 e. The van der Waals surface area contributed by atoms with Crippen molar-refractivity contribution in [3.05, 3.63) is 75.2 Å². The molecule has 0 saturated carbocycles. The number of anilines is 1. The normalized spacial score (nSPS) is 10.5. The van der Waals surface area contributed by atoms with E-state index in [2.05, 4.69) is 10.3 Å². The molecule has 1 aromatic heterocycles. The van der Waals surface area contributed by atoms with E-state index in [1.807, 2.05) is 69.3 Å². The first-order chi connectivity index (χ1) is 12.0. The molecule has 3 rings (SSSR count). The van der Waals surface area contributed by atoms with Crippen LogP contribution in [0.25, 0.3) is 0 Å². The number of carbonyl (C=O) groups excluding carboxylic acids is 1. The highest BCUT2D eigenvalue weighted by Gasteiger charge is 2.16. The number of aromatic nitrogens is 1. The number of carbonyl (C=O) groups is 1. The van der Waals surface area contributed by atoms with Crippen molar-refractivity contribution >= 4 is 22.9 Å². The van der Waals surface area contributed by atoms with Crippen molar-refractivity contribution in [2.24, 2.45) is 0 Å². The monoisotopic (exact) mass is 352 g/mol. The lowest BCUT2D eigenvalue weighted by Crippen LogP contribution is -2.12. The van der Waals surface area contributed by atoms with Crippen molar-refractivity contribution in [2.75, 3.05) is 5.32 Å². The maximum atomic E-state index is 12.5. The Morgan fingerprint density at radius 1 is 1.12 bits per heavy atom. The Kier molecular flexibility index (Phi) is 5.14. The van der Waals surface area contributed by atoms with Crippen molar-refractivity contribution in [2.45, 2.75) is 27.4 Å². The summed E-state index contributed by atoms with van der Waals surface area (Å²) in [7, 11) is 0. The van der Waals surface area contributed by atoms with Crippen molar-refractivity contribution in [1.82, 2.24) is 4.98 Å². The summed E-state index contributed by atoms with van der Waals surface area (Å²) < 4.78 is 5.77. The molecule has 0 saturated heterocycles. The molecule has 25 heavy (non-hydrogen) atoms.